The fraction of sp³-hybridized carbons (Fsp3) is 0.500. The van der Waals surface area contributed by atoms with E-state index in [1.807, 2.05) is 29.2 Å². The molecular formula is C16H18N2O3S2. The van der Waals surface area contributed by atoms with Crippen LogP contribution < -0.4 is 0 Å². The number of fused-ring (bicyclic) bond motifs is 1. The molecule has 23 heavy (non-hydrogen) atoms. The highest BCUT2D eigenvalue weighted by atomic mass is 32.2. The predicted molar refractivity (Wildman–Crippen MR) is 90.1 cm³/mol. The maximum Gasteiger partial charge on any atom is 0.227 e. The highest BCUT2D eigenvalue weighted by Gasteiger charge is 2.40. The van der Waals surface area contributed by atoms with Crippen molar-refractivity contribution >= 4 is 37.3 Å². The minimum absolute atomic E-state index is 0.00297. The van der Waals surface area contributed by atoms with Crippen LogP contribution in [0.5, 0.6) is 0 Å². The molecule has 1 aromatic heterocycles. The number of likely N-dealkylation sites (tertiary alicyclic amines) is 1. The minimum atomic E-state index is -3.03. The van der Waals surface area contributed by atoms with E-state index in [4.69, 9.17) is 0 Å². The number of thiazole rings is 1. The van der Waals surface area contributed by atoms with Gasteiger partial charge in [-0.05, 0) is 31.4 Å². The molecule has 0 radical (unpaired) electrons. The van der Waals surface area contributed by atoms with Crippen molar-refractivity contribution in [2.45, 2.75) is 25.3 Å². The van der Waals surface area contributed by atoms with E-state index in [0.29, 0.717) is 13.0 Å². The first-order valence-corrected chi connectivity index (χ1v) is 10.5. The van der Waals surface area contributed by atoms with Gasteiger partial charge in [0, 0.05) is 6.54 Å². The second-order valence-electron chi connectivity index (χ2n) is 6.31. The zero-order chi connectivity index (χ0) is 16.0. The van der Waals surface area contributed by atoms with E-state index in [-0.39, 0.29) is 29.4 Å². The Kier molecular flexibility index (Phi) is 3.65. The molecule has 5 nitrogen and oxygen atoms in total. The maximum absolute atomic E-state index is 12.8. The van der Waals surface area contributed by atoms with E-state index in [1.165, 1.54) is 0 Å². The summed E-state index contributed by atoms with van der Waals surface area (Å²) < 4.78 is 24.4. The van der Waals surface area contributed by atoms with Crippen molar-refractivity contribution in [3.05, 3.63) is 29.3 Å². The van der Waals surface area contributed by atoms with Crippen LogP contribution in [-0.2, 0) is 14.6 Å². The Balaban J connectivity index is 1.60. The topological polar surface area (TPSA) is 67.3 Å². The number of hydrogen-bond acceptors (Lipinski definition) is 5. The smallest absolute Gasteiger partial charge is 0.227 e. The van der Waals surface area contributed by atoms with Crippen LogP contribution in [0.1, 0.15) is 30.3 Å². The Morgan fingerprint density at radius 2 is 2.09 bits per heavy atom. The molecule has 2 aromatic rings. The van der Waals surface area contributed by atoms with Gasteiger partial charge in [-0.2, -0.15) is 0 Å². The number of nitrogens with zero attached hydrogens (tertiary/aromatic N) is 2. The fourth-order valence-electron chi connectivity index (χ4n) is 3.54. The highest BCUT2D eigenvalue weighted by molar-refractivity contribution is 7.91. The molecule has 0 aliphatic carbocycles. The summed E-state index contributed by atoms with van der Waals surface area (Å²) in [6, 6.07) is 7.99. The summed E-state index contributed by atoms with van der Waals surface area (Å²) in [5.74, 6) is -0.222. The van der Waals surface area contributed by atoms with Crippen molar-refractivity contribution in [1.82, 2.24) is 9.88 Å². The molecule has 2 saturated heterocycles. The molecule has 122 valence electrons. The van der Waals surface area contributed by atoms with Crippen molar-refractivity contribution in [1.29, 1.82) is 0 Å². The molecule has 2 fully saturated rings. The van der Waals surface area contributed by atoms with Crippen molar-refractivity contribution in [3.63, 3.8) is 0 Å². The molecule has 3 heterocycles. The van der Waals surface area contributed by atoms with Gasteiger partial charge in [-0.15, -0.1) is 11.3 Å². The molecular weight excluding hydrogens is 332 g/mol. The molecule has 0 unspecified atom stereocenters. The summed E-state index contributed by atoms with van der Waals surface area (Å²) in [4.78, 5) is 19.3. The molecule has 4 rings (SSSR count). The highest BCUT2D eigenvalue weighted by Crippen LogP contribution is 2.38. The molecule has 0 N–H and O–H groups in total. The van der Waals surface area contributed by atoms with Gasteiger partial charge in [0.1, 0.15) is 5.01 Å². The Morgan fingerprint density at radius 3 is 2.83 bits per heavy atom. The number of para-hydroxylation sites is 1. The van der Waals surface area contributed by atoms with Crippen molar-refractivity contribution in [2.75, 3.05) is 18.1 Å². The van der Waals surface area contributed by atoms with E-state index in [9.17, 15) is 13.2 Å². The number of hydrogen-bond donors (Lipinski definition) is 0. The lowest BCUT2D eigenvalue weighted by Crippen LogP contribution is -2.36. The Labute approximate surface area is 139 Å². The lowest BCUT2D eigenvalue weighted by Gasteiger charge is -2.25. The predicted octanol–water partition coefficient (Wildman–Crippen LogP) is 2.39. The molecule has 1 aromatic carbocycles. The van der Waals surface area contributed by atoms with Gasteiger partial charge in [-0.1, -0.05) is 12.1 Å². The SMILES string of the molecule is O=C([C@@H]1CCS(=O)(=O)C1)N1CCC[C@@H]1c1nc2ccccc2s1. The number of amides is 1. The van der Waals surface area contributed by atoms with Crippen LogP contribution >= 0.6 is 11.3 Å². The molecule has 2 aliphatic rings. The third kappa shape index (κ3) is 2.76. The number of carbonyl (C=O) groups excluding carboxylic acids is 1. The number of benzene rings is 1. The van der Waals surface area contributed by atoms with E-state index < -0.39 is 9.84 Å². The quantitative estimate of drug-likeness (QED) is 0.834. The first-order chi connectivity index (χ1) is 11.0. The summed E-state index contributed by atoms with van der Waals surface area (Å²) in [5.41, 5.74) is 0.968. The van der Waals surface area contributed by atoms with Crippen LogP contribution in [0.15, 0.2) is 24.3 Å². The largest absolute Gasteiger partial charge is 0.333 e. The summed E-state index contributed by atoms with van der Waals surface area (Å²) in [6.45, 7) is 0.704. The molecule has 2 aliphatic heterocycles. The molecule has 0 spiro atoms. The van der Waals surface area contributed by atoms with Gasteiger partial charge in [0.25, 0.3) is 0 Å². The molecule has 1 amide bonds. The molecule has 0 saturated carbocycles. The van der Waals surface area contributed by atoms with Gasteiger partial charge in [0.15, 0.2) is 9.84 Å². The first kappa shape index (κ1) is 15.1. The molecule has 2 atom stereocenters. The van der Waals surface area contributed by atoms with Crippen LogP contribution in [0.4, 0.5) is 0 Å². The third-order valence-electron chi connectivity index (χ3n) is 4.71. The van der Waals surface area contributed by atoms with Crippen LogP contribution in [0.25, 0.3) is 10.2 Å². The van der Waals surface area contributed by atoms with Gasteiger partial charge in [-0.25, -0.2) is 13.4 Å². The molecule has 7 heteroatoms. The van der Waals surface area contributed by atoms with Gasteiger partial charge in [0.2, 0.25) is 5.91 Å². The summed E-state index contributed by atoms with van der Waals surface area (Å²) in [6.07, 6.45) is 2.32. The maximum atomic E-state index is 12.8. The zero-order valence-electron chi connectivity index (χ0n) is 12.6. The van der Waals surface area contributed by atoms with Crippen LogP contribution in [0.3, 0.4) is 0 Å². The Hall–Kier alpha value is -1.47. The van der Waals surface area contributed by atoms with E-state index in [1.54, 1.807) is 11.3 Å². The lowest BCUT2D eigenvalue weighted by molar-refractivity contribution is -0.135. The van der Waals surface area contributed by atoms with Gasteiger partial charge >= 0.3 is 0 Å². The minimum Gasteiger partial charge on any atom is -0.333 e. The average molecular weight is 350 g/mol. The zero-order valence-corrected chi connectivity index (χ0v) is 14.3. The van der Waals surface area contributed by atoms with Crippen LogP contribution in [0.2, 0.25) is 0 Å². The third-order valence-corrected chi connectivity index (χ3v) is 7.62. The molecule has 0 bridgehead atoms. The van der Waals surface area contributed by atoms with Gasteiger partial charge in [-0.3, -0.25) is 4.79 Å². The summed E-state index contributed by atoms with van der Waals surface area (Å²) in [5, 5.41) is 0.970. The number of carbonyl (C=O) groups is 1. The standard InChI is InChI=1S/C16H18N2O3S2/c19-16(11-7-9-23(20,21)10-11)18-8-3-5-13(18)15-17-12-4-1-2-6-14(12)22-15/h1-2,4,6,11,13H,3,5,7-10H2/t11-,13-/m1/s1. The van der Waals surface area contributed by atoms with Crippen LogP contribution in [-0.4, -0.2) is 42.3 Å². The monoisotopic (exact) mass is 350 g/mol. The van der Waals surface area contributed by atoms with Crippen LogP contribution in [0, 0.1) is 5.92 Å². The second kappa shape index (κ2) is 5.56. The number of rotatable bonds is 2. The summed E-state index contributed by atoms with van der Waals surface area (Å²) in [7, 11) is -3.03. The van der Waals surface area contributed by atoms with E-state index >= 15 is 0 Å². The summed E-state index contributed by atoms with van der Waals surface area (Å²) >= 11 is 1.63. The van der Waals surface area contributed by atoms with Gasteiger partial charge in [0.05, 0.1) is 33.7 Å². The van der Waals surface area contributed by atoms with Crippen molar-refractivity contribution < 1.29 is 13.2 Å². The number of aromatic nitrogens is 1. The first-order valence-electron chi connectivity index (χ1n) is 7.90. The average Bonchev–Trinajstić information content (AvgIpc) is 3.22. The van der Waals surface area contributed by atoms with Gasteiger partial charge < -0.3 is 4.90 Å². The van der Waals surface area contributed by atoms with E-state index in [2.05, 4.69) is 4.98 Å². The fourth-order valence-corrected chi connectivity index (χ4v) is 6.39. The van der Waals surface area contributed by atoms with Crippen molar-refractivity contribution in [2.24, 2.45) is 5.92 Å². The lowest BCUT2D eigenvalue weighted by atomic mass is 10.1. The second-order valence-corrected chi connectivity index (χ2v) is 9.60. The van der Waals surface area contributed by atoms with Crippen molar-refractivity contribution in [3.8, 4) is 0 Å². The number of sulfone groups is 1. The normalized spacial score (nSPS) is 26.9. The Bertz CT molecular complexity index is 826. The Morgan fingerprint density at radius 1 is 1.26 bits per heavy atom. The van der Waals surface area contributed by atoms with E-state index in [0.717, 1.165) is 28.1 Å².